The average Bonchev–Trinajstić information content (AvgIpc) is 2.80. The number of aliphatic hydroxyl groups is 1. The smallest absolute Gasteiger partial charge is 0.328 e. The highest BCUT2D eigenvalue weighted by molar-refractivity contribution is 5.95. The average molecular weight is 547 g/mol. The Labute approximate surface area is 219 Å². The van der Waals surface area contributed by atoms with Gasteiger partial charge in [0.05, 0.1) is 12.1 Å². The molecule has 0 aromatic heterocycles. The van der Waals surface area contributed by atoms with Crippen molar-refractivity contribution in [2.24, 2.45) is 17.4 Å². The van der Waals surface area contributed by atoms with Crippen LogP contribution in [-0.4, -0.2) is 93.1 Å². The number of amides is 5. The molecule has 16 heteroatoms. The number of rotatable bonds is 17. The minimum Gasteiger partial charge on any atom is -0.481 e. The summed E-state index contributed by atoms with van der Waals surface area (Å²) in [7, 11) is 0. The highest BCUT2D eigenvalue weighted by atomic mass is 16.4. The van der Waals surface area contributed by atoms with Crippen LogP contribution in [0.2, 0.25) is 0 Å². The molecule has 0 saturated heterocycles. The van der Waals surface area contributed by atoms with Gasteiger partial charge in [0.1, 0.15) is 18.1 Å². The molecule has 0 rings (SSSR count). The Kier molecular flexibility index (Phi) is 14.5. The van der Waals surface area contributed by atoms with Crippen LogP contribution in [0.15, 0.2) is 0 Å². The summed E-state index contributed by atoms with van der Waals surface area (Å²) in [6.45, 7) is 5.71. The number of primary amides is 1. The maximum Gasteiger partial charge on any atom is 0.328 e. The zero-order valence-corrected chi connectivity index (χ0v) is 21.7. The first-order valence-corrected chi connectivity index (χ1v) is 11.9. The predicted molar refractivity (Wildman–Crippen MR) is 131 cm³/mol. The number of aliphatic hydroxyl groups excluding tert-OH is 1. The molecule has 11 N–H and O–H groups in total. The molecular formula is C22H38N6O10. The van der Waals surface area contributed by atoms with Crippen LogP contribution in [0, 0.1) is 5.92 Å². The van der Waals surface area contributed by atoms with Crippen molar-refractivity contribution in [3.8, 4) is 0 Å². The van der Waals surface area contributed by atoms with Crippen molar-refractivity contribution in [2.75, 3.05) is 0 Å². The molecule has 0 fully saturated rings. The molecule has 0 unspecified atom stereocenters. The monoisotopic (exact) mass is 546 g/mol. The Morgan fingerprint density at radius 1 is 0.711 bits per heavy atom. The summed E-state index contributed by atoms with van der Waals surface area (Å²) in [5, 5.41) is 36.7. The summed E-state index contributed by atoms with van der Waals surface area (Å²) < 4.78 is 0. The van der Waals surface area contributed by atoms with Crippen LogP contribution in [0.1, 0.15) is 53.4 Å². The summed E-state index contributed by atoms with van der Waals surface area (Å²) in [6.07, 6.45) is -2.93. The quantitative estimate of drug-likeness (QED) is 0.0863. The summed E-state index contributed by atoms with van der Waals surface area (Å²) in [6, 6.07) is -6.79. The summed E-state index contributed by atoms with van der Waals surface area (Å²) in [4.78, 5) is 83.8. The van der Waals surface area contributed by atoms with Crippen LogP contribution in [-0.2, 0) is 33.6 Å². The van der Waals surface area contributed by atoms with E-state index in [4.69, 9.17) is 21.7 Å². The largest absolute Gasteiger partial charge is 0.481 e. The van der Waals surface area contributed by atoms with E-state index in [2.05, 4.69) is 21.3 Å². The number of hydrogen-bond acceptors (Lipinski definition) is 9. The summed E-state index contributed by atoms with van der Waals surface area (Å²) in [5.74, 6) is -7.39. The van der Waals surface area contributed by atoms with Gasteiger partial charge in [-0.05, 0) is 32.6 Å². The van der Waals surface area contributed by atoms with Crippen LogP contribution in [0.5, 0.6) is 0 Å². The van der Waals surface area contributed by atoms with Gasteiger partial charge < -0.3 is 48.1 Å². The van der Waals surface area contributed by atoms with Crippen molar-refractivity contribution in [1.82, 2.24) is 21.3 Å². The summed E-state index contributed by atoms with van der Waals surface area (Å²) in [5.41, 5.74) is 10.9. The van der Waals surface area contributed by atoms with Gasteiger partial charge in [0.25, 0.3) is 0 Å². The number of hydrogen-bond donors (Lipinski definition) is 9. The normalized spacial score (nSPS) is 15.7. The van der Waals surface area contributed by atoms with E-state index < -0.39 is 84.2 Å². The van der Waals surface area contributed by atoms with E-state index in [1.54, 1.807) is 13.8 Å². The van der Waals surface area contributed by atoms with Crippen LogP contribution < -0.4 is 32.7 Å². The molecule has 6 atom stereocenters. The molecule has 0 bridgehead atoms. The van der Waals surface area contributed by atoms with Gasteiger partial charge in [0, 0.05) is 12.8 Å². The molecule has 0 saturated carbocycles. The third-order valence-electron chi connectivity index (χ3n) is 5.41. The van der Waals surface area contributed by atoms with Gasteiger partial charge in [-0.15, -0.1) is 0 Å². The van der Waals surface area contributed by atoms with Crippen molar-refractivity contribution in [2.45, 2.75) is 89.7 Å². The summed E-state index contributed by atoms with van der Waals surface area (Å²) >= 11 is 0. The van der Waals surface area contributed by atoms with E-state index in [1.165, 1.54) is 6.92 Å². The third kappa shape index (κ3) is 12.4. The second kappa shape index (κ2) is 16.1. The lowest BCUT2D eigenvalue weighted by Gasteiger charge is -2.25. The Morgan fingerprint density at radius 2 is 1.18 bits per heavy atom. The topological polar surface area (TPSA) is 280 Å². The standard InChI is InChI=1S/C22H38N6O10/c1-9(2)16(24)21(36)27-13(6-8-15(31)32)19(34)25-10(3)18(33)26-12(5-7-14(23)30)20(35)28-17(11(4)29)22(37)38/h9-13,16-17,29H,5-8,24H2,1-4H3,(H2,23,30)(H,25,34)(H,26,33)(H,27,36)(H,28,35)(H,31,32)(H,37,38)/t10-,11+,12-,13-,16-,17-/m0/s1. The van der Waals surface area contributed by atoms with Crippen LogP contribution in [0.4, 0.5) is 0 Å². The van der Waals surface area contributed by atoms with Gasteiger partial charge in [-0.1, -0.05) is 13.8 Å². The van der Waals surface area contributed by atoms with Crippen molar-refractivity contribution in [3.05, 3.63) is 0 Å². The molecule has 0 aromatic rings. The molecule has 216 valence electrons. The minimum atomic E-state index is -1.71. The molecule has 16 nitrogen and oxygen atoms in total. The molecule has 38 heavy (non-hydrogen) atoms. The first-order valence-electron chi connectivity index (χ1n) is 11.9. The minimum absolute atomic E-state index is 0.277. The lowest BCUT2D eigenvalue weighted by atomic mass is 10.0. The number of carboxylic acid groups (broad SMARTS) is 2. The van der Waals surface area contributed by atoms with Crippen LogP contribution in [0.25, 0.3) is 0 Å². The van der Waals surface area contributed by atoms with Crippen LogP contribution >= 0.6 is 0 Å². The zero-order valence-electron chi connectivity index (χ0n) is 21.7. The number of nitrogens with two attached hydrogens (primary N) is 2. The van der Waals surface area contributed by atoms with Gasteiger partial charge >= 0.3 is 11.9 Å². The molecule has 0 radical (unpaired) electrons. The number of aliphatic carboxylic acids is 2. The Morgan fingerprint density at radius 3 is 1.61 bits per heavy atom. The van der Waals surface area contributed by atoms with Crippen molar-refractivity contribution < 1.29 is 48.9 Å². The second-order valence-electron chi connectivity index (χ2n) is 9.12. The van der Waals surface area contributed by atoms with Gasteiger partial charge in [-0.25, -0.2) is 4.79 Å². The Balaban J connectivity index is 5.53. The van der Waals surface area contributed by atoms with E-state index >= 15 is 0 Å². The highest BCUT2D eigenvalue weighted by Crippen LogP contribution is 2.05. The Hall–Kier alpha value is -3.79. The van der Waals surface area contributed by atoms with E-state index in [-0.39, 0.29) is 25.2 Å². The van der Waals surface area contributed by atoms with Crippen molar-refractivity contribution >= 4 is 41.5 Å². The Bertz CT molecular complexity index is 894. The molecular weight excluding hydrogens is 508 g/mol. The van der Waals surface area contributed by atoms with Gasteiger partial charge in [-0.3, -0.25) is 28.8 Å². The SMILES string of the molecule is CC(C)[C@H](N)C(=O)N[C@@H](CCC(=O)O)C(=O)N[C@@H](C)C(=O)N[C@@H](CCC(N)=O)C(=O)N[C@H](C(=O)O)[C@@H](C)O. The zero-order chi connectivity index (χ0) is 29.7. The molecule has 0 heterocycles. The third-order valence-corrected chi connectivity index (χ3v) is 5.41. The second-order valence-corrected chi connectivity index (χ2v) is 9.12. The van der Waals surface area contributed by atoms with E-state index in [1.807, 2.05) is 0 Å². The maximum atomic E-state index is 12.8. The first kappa shape index (κ1) is 34.2. The van der Waals surface area contributed by atoms with E-state index in [9.17, 15) is 38.7 Å². The highest BCUT2D eigenvalue weighted by Gasteiger charge is 2.32. The molecule has 0 aliphatic carbocycles. The van der Waals surface area contributed by atoms with Gasteiger partial charge in [-0.2, -0.15) is 0 Å². The molecule has 0 aromatic carbocycles. The fourth-order valence-electron chi connectivity index (χ4n) is 2.98. The fourth-order valence-corrected chi connectivity index (χ4v) is 2.98. The lowest BCUT2D eigenvalue weighted by molar-refractivity contribution is -0.145. The first-order chi connectivity index (χ1) is 17.5. The molecule has 0 aliphatic heterocycles. The lowest BCUT2D eigenvalue weighted by Crippen LogP contribution is -2.58. The van der Waals surface area contributed by atoms with Gasteiger partial charge in [0.15, 0.2) is 6.04 Å². The van der Waals surface area contributed by atoms with Crippen molar-refractivity contribution in [1.29, 1.82) is 0 Å². The molecule has 0 aliphatic rings. The predicted octanol–water partition coefficient (Wildman–Crippen LogP) is -3.48. The van der Waals surface area contributed by atoms with E-state index in [0.29, 0.717) is 0 Å². The molecule has 5 amide bonds. The molecule has 0 spiro atoms. The number of nitrogens with one attached hydrogen (secondary N) is 4. The fraction of sp³-hybridized carbons (Fsp3) is 0.682. The number of carbonyl (C=O) groups is 7. The van der Waals surface area contributed by atoms with Gasteiger partial charge in [0.2, 0.25) is 29.5 Å². The maximum absolute atomic E-state index is 12.8. The van der Waals surface area contributed by atoms with Crippen molar-refractivity contribution in [3.63, 3.8) is 0 Å². The van der Waals surface area contributed by atoms with E-state index in [0.717, 1.165) is 6.92 Å². The van der Waals surface area contributed by atoms with Crippen LogP contribution in [0.3, 0.4) is 0 Å². The number of carbonyl (C=O) groups excluding carboxylic acids is 5. The number of carboxylic acids is 2.